The third-order valence-electron chi connectivity index (χ3n) is 1.58. The Hall–Kier alpha value is -1.72. The first-order chi connectivity index (χ1) is 6.49. The number of rotatable bonds is 2. The predicted molar refractivity (Wildman–Crippen MR) is 42.3 cm³/mol. The molecular formula is C8H4F3NO2. The molecular weight excluding hydrogens is 199 g/mol. The van der Waals surface area contributed by atoms with Crippen LogP contribution in [-0.2, 0) is 6.18 Å². The van der Waals surface area contributed by atoms with Gasteiger partial charge in [0.15, 0.2) is 6.29 Å². The SMILES string of the molecule is O=Cc1cc(C(F)(F)F)ccc1N=O. The molecule has 3 nitrogen and oxygen atoms in total. The van der Waals surface area contributed by atoms with Crippen molar-refractivity contribution in [3.63, 3.8) is 0 Å². The standard InChI is InChI=1S/C8H4F3NO2/c9-8(10,11)6-1-2-7(12-14)5(3-6)4-13/h1-4H. The van der Waals surface area contributed by atoms with Crippen molar-refractivity contribution in [2.45, 2.75) is 6.18 Å². The monoisotopic (exact) mass is 203 g/mol. The molecule has 74 valence electrons. The Morgan fingerprint density at radius 2 is 1.93 bits per heavy atom. The van der Waals surface area contributed by atoms with Crippen LogP contribution in [0.15, 0.2) is 23.4 Å². The minimum absolute atomic E-state index is 0.159. The molecule has 0 fully saturated rings. The summed E-state index contributed by atoms with van der Waals surface area (Å²) in [5.74, 6) is 0. The second-order valence-electron chi connectivity index (χ2n) is 2.48. The number of aldehydes is 1. The van der Waals surface area contributed by atoms with Crippen molar-refractivity contribution in [1.29, 1.82) is 0 Å². The molecule has 14 heavy (non-hydrogen) atoms. The summed E-state index contributed by atoms with van der Waals surface area (Å²) in [7, 11) is 0. The Kier molecular flexibility index (Phi) is 2.64. The van der Waals surface area contributed by atoms with Crippen molar-refractivity contribution in [2.24, 2.45) is 5.18 Å². The van der Waals surface area contributed by atoms with E-state index in [-0.39, 0.29) is 17.5 Å². The summed E-state index contributed by atoms with van der Waals surface area (Å²) < 4.78 is 36.3. The highest BCUT2D eigenvalue weighted by molar-refractivity contribution is 5.83. The van der Waals surface area contributed by atoms with E-state index in [9.17, 15) is 22.9 Å². The Morgan fingerprint density at radius 3 is 2.36 bits per heavy atom. The highest BCUT2D eigenvalue weighted by Crippen LogP contribution is 2.31. The Labute approximate surface area is 76.5 Å². The highest BCUT2D eigenvalue weighted by Gasteiger charge is 2.30. The number of carbonyl (C=O) groups excluding carboxylic acids is 1. The van der Waals surface area contributed by atoms with E-state index >= 15 is 0 Å². The fourth-order valence-electron chi connectivity index (χ4n) is 0.908. The van der Waals surface area contributed by atoms with E-state index in [0.29, 0.717) is 12.1 Å². The Bertz CT molecular complexity index is 373. The van der Waals surface area contributed by atoms with Crippen LogP contribution in [0.1, 0.15) is 15.9 Å². The average molecular weight is 203 g/mol. The third kappa shape index (κ3) is 1.95. The number of nitroso groups, excluding NO2 is 1. The predicted octanol–water partition coefficient (Wildman–Crippen LogP) is 2.92. The van der Waals surface area contributed by atoms with Crippen LogP contribution in [0.3, 0.4) is 0 Å². The van der Waals surface area contributed by atoms with E-state index in [0.717, 1.165) is 6.07 Å². The molecule has 1 aromatic rings. The summed E-state index contributed by atoms with van der Waals surface area (Å²) in [5.41, 5.74) is -1.64. The summed E-state index contributed by atoms with van der Waals surface area (Å²) in [6.07, 6.45) is -4.37. The fourth-order valence-corrected chi connectivity index (χ4v) is 0.908. The summed E-state index contributed by atoms with van der Waals surface area (Å²) in [4.78, 5) is 20.4. The number of hydrogen-bond acceptors (Lipinski definition) is 3. The van der Waals surface area contributed by atoms with Crippen LogP contribution >= 0.6 is 0 Å². The van der Waals surface area contributed by atoms with Gasteiger partial charge in [0.2, 0.25) is 0 Å². The van der Waals surface area contributed by atoms with Gasteiger partial charge in [-0.2, -0.15) is 13.2 Å². The van der Waals surface area contributed by atoms with Gasteiger partial charge in [-0.25, -0.2) is 0 Å². The van der Waals surface area contributed by atoms with E-state index in [1.807, 2.05) is 0 Å². The van der Waals surface area contributed by atoms with E-state index in [4.69, 9.17) is 0 Å². The topological polar surface area (TPSA) is 46.5 Å². The van der Waals surface area contributed by atoms with E-state index in [1.165, 1.54) is 0 Å². The van der Waals surface area contributed by atoms with Gasteiger partial charge in [0.05, 0.1) is 5.56 Å². The lowest BCUT2D eigenvalue weighted by molar-refractivity contribution is -0.137. The van der Waals surface area contributed by atoms with Crippen LogP contribution in [0.4, 0.5) is 18.9 Å². The third-order valence-corrected chi connectivity index (χ3v) is 1.58. The largest absolute Gasteiger partial charge is 0.416 e. The van der Waals surface area contributed by atoms with Gasteiger partial charge in [0.25, 0.3) is 0 Å². The molecule has 0 aliphatic heterocycles. The second-order valence-corrected chi connectivity index (χ2v) is 2.48. The minimum Gasteiger partial charge on any atom is -0.298 e. The van der Waals surface area contributed by atoms with Crippen molar-refractivity contribution >= 4 is 12.0 Å². The lowest BCUT2D eigenvalue weighted by atomic mass is 10.1. The molecule has 0 atom stereocenters. The van der Waals surface area contributed by atoms with Gasteiger partial charge in [0, 0.05) is 5.56 Å². The van der Waals surface area contributed by atoms with Crippen molar-refractivity contribution in [3.8, 4) is 0 Å². The van der Waals surface area contributed by atoms with Gasteiger partial charge >= 0.3 is 6.18 Å². The molecule has 1 aromatic carbocycles. The minimum atomic E-state index is -4.53. The van der Waals surface area contributed by atoms with Crippen molar-refractivity contribution < 1.29 is 18.0 Å². The zero-order valence-electron chi connectivity index (χ0n) is 6.71. The molecule has 0 aliphatic rings. The van der Waals surface area contributed by atoms with Gasteiger partial charge in [-0.3, -0.25) is 4.79 Å². The average Bonchev–Trinajstić information content (AvgIpc) is 2.15. The van der Waals surface area contributed by atoms with E-state index in [1.54, 1.807) is 0 Å². The van der Waals surface area contributed by atoms with Crippen molar-refractivity contribution in [3.05, 3.63) is 34.2 Å². The first kappa shape index (κ1) is 10.4. The quantitative estimate of drug-likeness (QED) is 0.548. The molecule has 6 heteroatoms. The Balaban J connectivity index is 3.27. The summed E-state index contributed by atoms with van der Waals surface area (Å²) in [6.45, 7) is 0. The van der Waals surface area contributed by atoms with E-state index in [2.05, 4.69) is 5.18 Å². The van der Waals surface area contributed by atoms with E-state index < -0.39 is 11.7 Å². The molecule has 0 spiro atoms. The number of hydrogen-bond donors (Lipinski definition) is 0. The lowest BCUT2D eigenvalue weighted by Gasteiger charge is -2.06. The number of benzene rings is 1. The van der Waals surface area contributed by atoms with Gasteiger partial charge in [-0.1, -0.05) is 0 Å². The molecule has 0 heterocycles. The highest BCUT2D eigenvalue weighted by atomic mass is 19.4. The maximum Gasteiger partial charge on any atom is 0.416 e. The molecule has 0 amide bonds. The first-order valence-electron chi connectivity index (χ1n) is 3.49. The molecule has 0 saturated carbocycles. The van der Waals surface area contributed by atoms with Gasteiger partial charge in [-0.15, -0.1) is 4.91 Å². The van der Waals surface area contributed by atoms with Crippen LogP contribution in [0, 0.1) is 4.91 Å². The van der Waals surface area contributed by atoms with Crippen molar-refractivity contribution in [2.75, 3.05) is 0 Å². The van der Waals surface area contributed by atoms with Crippen LogP contribution in [-0.4, -0.2) is 6.29 Å². The smallest absolute Gasteiger partial charge is 0.298 e. The number of halogens is 3. The molecule has 0 radical (unpaired) electrons. The van der Waals surface area contributed by atoms with Crippen LogP contribution < -0.4 is 0 Å². The molecule has 0 aromatic heterocycles. The zero-order valence-corrected chi connectivity index (χ0v) is 6.71. The normalized spacial score (nSPS) is 11.1. The van der Waals surface area contributed by atoms with Crippen LogP contribution in [0.25, 0.3) is 0 Å². The van der Waals surface area contributed by atoms with Gasteiger partial charge in [-0.05, 0) is 23.4 Å². The molecule has 0 aliphatic carbocycles. The molecule has 0 saturated heterocycles. The molecule has 0 N–H and O–H groups in total. The number of carbonyl (C=O) groups is 1. The van der Waals surface area contributed by atoms with Crippen molar-refractivity contribution in [1.82, 2.24) is 0 Å². The van der Waals surface area contributed by atoms with Gasteiger partial charge in [0.1, 0.15) is 5.69 Å². The molecule has 0 bridgehead atoms. The molecule has 0 unspecified atom stereocenters. The summed E-state index contributed by atoms with van der Waals surface area (Å²) >= 11 is 0. The summed E-state index contributed by atoms with van der Waals surface area (Å²) in [5, 5.41) is 2.42. The second kappa shape index (κ2) is 3.57. The number of alkyl halides is 3. The first-order valence-corrected chi connectivity index (χ1v) is 3.49. The fraction of sp³-hybridized carbons (Fsp3) is 0.125. The number of nitrogens with zero attached hydrogens (tertiary/aromatic N) is 1. The Morgan fingerprint density at radius 1 is 1.29 bits per heavy atom. The van der Waals surface area contributed by atoms with Crippen LogP contribution in [0.2, 0.25) is 0 Å². The zero-order chi connectivity index (χ0) is 10.8. The van der Waals surface area contributed by atoms with Gasteiger partial charge < -0.3 is 0 Å². The summed E-state index contributed by atoms with van der Waals surface area (Å²) in [6, 6.07) is 2.15. The van der Waals surface area contributed by atoms with Crippen LogP contribution in [0.5, 0.6) is 0 Å². The molecule has 1 rings (SSSR count). The lowest BCUT2D eigenvalue weighted by Crippen LogP contribution is -2.05. The maximum absolute atomic E-state index is 12.1. The maximum atomic E-state index is 12.1.